The van der Waals surface area contributed by atoms with Gasteiger partial charge in [0.1, 0.15) is 6.07 Å². The molecule has 0 aliphatic rings. The maximum atomic E-state index is 12.4. The fraction of sp³-hybridized carbons (Fsp3) is 0.533. The number of halogens is 1. The molecule has 0 fully saturated rings. The van der Waals surface area contributed by atoms with E-state index in [1.165, 1.54) is 18.2 Å². The van der Waals surface area contributed by atoms with Gasteiger partial charge in [-0.05, 0) is 43.9 Å². The third kappa shape index (κ3) is 5.31. The quantitative estimate of drug-likeness (QED) is 0.916. The maximum Gasteiger partial charge on any atom is 0.241 e. The fourth-order valence-electron chi connectivity index (χ4n) is 2.54. The van der Waals surface area contributed by atoms with Crippen molar-refractivity contribution in [3.8, 4) is 6.07 Å². The summed E-state index contributed by atoms with van der Waals surface area (Å²) < 4.78 is 27.6. The van der Waals surface area contributed by atoms with E-state index in [4.69, 9.17) is 16.9 Å². The van der Waals surface area contributed by atoms with Crippen LogP contribution in [0.15, 0.2) is 23.1 Å². The van der Waals surface area contributed by atoms with Crippen molar-refractivity contribution in [2.24, 2.45) is 5.41 Å². The van der Waals surface area contributed by atoms with E-state index in [1.807, 2.05) is 19.9 Å². The molecule has 21 heavy (non-hydrogen) atoms. The summed E-state index contributed by atoms with van der Waals surface area (Å²) in [5, 5.41) is 9.19. The van der Waals surface area contributed by atoms with Crippen LogP contribution < -0.4 is 4.72 Å². The highest BCUT2D eigenvalue weighted by Gasteiger charge is 2.30. The first-order chi connectivity index (χ1) is 9.36. The Bertz CT molecular complexity index is 668. The number of sulfonamides is 1. The summed E-state index contributed by atoms with van der Waals surface area (Å²) in [5.74, 6) is 0. The average molecular weight is 329 g/mol. The average Bonchev–Trinajstić information content (AvgIpc) is 2.24. The number of rotatable bonds is 4. The molecule has 1 N–H and O–H groups in total. The third-order valence-corrected chi connectivity index (χ3v) is 4.78. The highest BCUT2D eigenvalue weighted by Crippen LogP contribution is 2.28. The van der Waals surface area contributed by atoms with Crippen LogP contribution in [0.25, 0.3) is 0 Å². The van der Waals surface area contributed by atoms with Gasteiger partial charge in [-0.1, -0.05) is 32.4 Å². The summed E-state index contributed by atoms with van der Waals surface area (Å²) in [7, 11) is -3.70. The highest BCUT2D eigenvalue weighted by molar-refractivity contribution is 7.89. The Morgan fingerprint density at radius 2 is 1.81 bits per heavy atom. The highest BCUT2D eigenvalue weighted by atomic mass is 35.5. The molecule has 1 aromatic carbocycles. The van der Waals surface area contributed by atoms with Gasteiger partial charge < -0.3 is 0 Å². The topological polar surface area (TPSA) is 70.0 Å². The molecule has 0 unspecified atom stereocenters. The molecule has 0 heterocycles. The molecule has 1 rings (SSSR count). The molecule has 0 spiro atoms. The van der Waals surface area contributed by atoms with Crippen LogP contribution in [0.2, 0.25) is 5.02 Å². The van der Waals surface area contributed by atoms with Crippen molar-refractivity contribution in [3.05, 3.63) is 28.8 Å². The van der Waals surface area contributed by atoms with Crippen LogP contribution in [-0.2, 0) is 10.0 Å². The van der Waals surface area contributed by atoms with Crippen molar-refractivity contribution in [2.45, 2.75) is 51.5 Å². The van der Waals surface area contributed by atoms with Crippen molar-refractivity contribution in [1.82, 2.24) is 4.72 Å². The van der Waals surface area contributed by atoms with Gasteiger partial charge in [0.25, 0.3) is 0 Å². The van der Waals surface area contributed by atoms with E-state index >= 15 is 0 Å². The molecule has 0 atom stereocenters. The minimum Gasteiger partial charge on any atom is -0.207 e. The minimum absolute atomic E-state index is 0.0101. The summed E-state index contributed by atoms with van der Waals surface area (Å²) in [6.07, 6.45) is 0.678. The van der Waals surface area contributed by atoms with Crippen LogP contribution in [0.1, 0.15) is 46.6 Å². The fourth-order valence-corrected chi connectivity index (χ4v) is 4.14. The van der Waals surface area contributed by atoms with E-state index in [2.05, 4.69) is 25.5 Å². The molecule has 0 aliphatic carbocycles. The van der Waals surface area contributed by atoms with Gasteiger partial charge in [-0.2, -0.15) is 5.26 Å². The first kappa shape index (κ1) is 18.0. The van der Waals surface area contributed by atoms with Crippen molar-refractivity contribution >= 4 is 21.6 Å². The number of nitriles is 1. The van der Waals surface area contributed by atoms with Gasteiger partial charge in [0, 0.05) is 5.54 Å². The predicted molar refractivity (Wildman–Crippen MR) is 84.6 cm³/mol. The zero-order valence-corrected chi connectivity index (χ0v) is 14.6. The maximum absolute atomic E-state index is 12.4. The molecule has 6 heteroatoms. The second-order valence-corrected chi connectivity index (χ2v) is 9.07. The van der Waals surface area contributed by atoms with E-state index in [0.717, 1.165) is 0 Å². The third-order valence-electron chi connectivity index (χ3n) is 2.75. The van der Waals surface area contributed by atoms with Gasteiger partial charge in [-0.25, -0.2) is 13.1 Å². The lowest BCUT2D eigenvalue weighted by Crippen LogP contribution is -2.45. The van der Waals surface area contributed by atoms with E-state index in [0.29, 0.717) is 6.42 Å². The smallest absolute Gasteiger partial charge is 0.207 e. The van der Waals surface area contributed by atoms with Crippen molar-refractivity contribution in [3.63, 3.8) is 0 Å². The second kappa shape index (κ2) is 5.96. The number of hydrogen-bond donors (Lipinski definition) is 1. The zero-order chi connectivity index (χ0) is 16.5. The Labute approximate surface area is 132 Å². The molecule has 0 bridgehead atoms. The molecule has 0 aromatic heterocycles. The van der Waals surface area contributed by atoms with Gasteiger partial charge in [-0.15, -0.1) is 0 Å². The van der Waals surface area contributed by atoms with Crippen LogP contribution in [0.3, 0.4) is 0 Å². The molecule has 0 amide bonds. The zero-order valence-electron chi connectivity index (χ0n) is 13.0. The summed E-state index contributed by atoms with van der Waals surface area (Å²) in [6.45, 7) is 9.85. The van der Waals surface area contributed by atoms with Gasteiger partial charge in [-0.3, -0.25) is 0 Å². The molecule has 0 saturated heterocycles. The molecule has 4 nitrogen and oxygen atoms in total. The largest absolute Gasteiger partial charge is 0.241 e. The predicted octanol–water partition coefficient (Wildman–Crippen LogP) is 3.70. The van der Waals surface area contributed by atoms with Gasteiger partial charge >= 0.3 is 0 Å². The number of benzene rings is 1. The lowest BCUT2D eigenvalue weighted by molar-refractivity contribution is 0.269. The molecule has 1 aromatic rings. The van der Waals surface area contributed by atoms with Crippen LogP contribution in [-0.4, -0.2) is 14.0 Å². The van der Waals surface area contributed by atoms with Gasteiger partial charge in [0.15, 0.2) is 0 Å². The Balaban J connectivity index is 3.10. The van der Waals surface area contributed by atoms with E-state index in [9.17, 15) is 8.42 Å². The molecule has 0 radical (unpaired) electrons. The Kier molecular flexibility index (Phi) is 5.09. The minimum atomic E-state index is -3.70. The Morgan fingerprint density at radius 1 is 1.24 bits per heavy atom. The summed E-state index contributed by atoms with van der Waals surface area (Å²) in [5.41, 5.74) is -0.457. The van der Waals surface area contributed by atoms with Crippen molar-refractivity contribution < 1.29 is 8.42 Å². The van der Waals surface area contributed by atoms with E-state index in [1.54, 1.807) is 0 Å². The normalized spacial score (nSPS) is 13.0. The van der Waals surface area contributed by atoms with Crippen LogP contribution in [0.4, 0.5) is 0 Å². The molecule has 0 aliphatic heterocycles. The van der Waals surface area contributed by atoms with E-state index in [-0.39, 0.29) is 20.9 Å². The Morgan fingerprint density at radius 3 is 2.29 bits per heavy atom. The Hall–Kier alpha value is -1.09. The first-order valence-electron chi connectivity index (χ1n) is 6.60. The van der Waals surface area contributed by atoms with Crippen molar-refractivity contribution in [2.75, 3.05) is 0 Å². The van der Waals surface area contributed by atoms with E-state index < -0.39 is 15.6 Å². The number of nitrogens with zero attached hydrogens (tertiary/aromatic N) is 1. The monoisotopic (exact) mass is 328 g/mol. The summed E-state index contributed by atoms with van der Waals surface area (Å²) in [6, 6.07) is 6.00. The first-order valence-corrected chi connectivity index (χ1v) is 8.46. The van der Waals surface area contributed by atoms with Crippen molar-refractivity contribution in [1.29, 1.82) is 5.26 Å². The summed E-state index contributed by atoms with van der Waals surface area (Å²) in [4.78, 5) is 0.0467. The second-order valence-electron chi connectivity index (χ2n) is 6.98. The number of nitrogens with one attached hydrogen (secondary N) is 1. The van der Waals surface area contributed by atoms with Crippen LogP contribution >= 0.6 is 11.6 Å². The SMILES string of the molecule is CC(C)(C)CC(C)(C)NS(=O)(=O)c1ccc(Cl)c(C#N)c1. The van der Waals surface area contributed by atoms with Gasteiger partial charge in [0.05, 0.1) is 15.5 Å². The lowest BCUT2D eigenvalue weighted by Gasteiger charge is -2.33. The molecule has 0 saturated carbocycles. The van der Waals surface area contributed by atoms with Gasteiger partial charge in [0.2, 0.25) is 10.0 Å². The lowest BCUT2D eigenvalue weighted by atomic mass is 9.82. The molecule has 116 valence electrons. The molecular formula is C15H21ClN2O2S. The standard InChI is InChI=1S/C15H21ClN2O2S/c1-14(2,3)10-15(4,5)18-21(19,20)12-6-7-13(16)11(8-12)9-17/h6-8,18H,10H2,1-5H3. The molecular weight excluding hydrogens is 308 g/mol. The van der Waals surface area contributed by atoms with Crippen LogP contribution in [0.5, 0.6) is 0 Å². The number of hydrogen-bond acceptors (Lipinski definition) is 3. The van der Waals surface area contributed by atoms with Crippen LogP contribution in [0, 0.1) is 16.7 Å². The summed E-state index contributed by atoms with van der Waals surface area (Å²) >= 11 is 5.83.